The number of fused-ring (bicyclic) bond motifs is 1. The topological polar surface area (TPSA) is 68.5 Å². The molecule has 1 amide bonds. The maximum absolute atomic E-state index is 13.1. The van der Waals surface area contributed by atoms with Crippen LogP contribution in [0.25, 0.3) is 28.2 Å². The Morgan fingerprint density at radius 1 is 1.06 bits per heavy atom. The summed E-state index contributed by atoms with van der Waals surface area (Å²) in [6.45, 7) is 4.01. The minimum atomic E-state index is -0.192. The molecular formula is C24H23ClN4O2. The Morgan fingerprint density at radius 2 is 1.71 bits per heavy atom. The van der Waals surface area contributed by atoms with Crippen molar-refractivity contribution in [3.05, 3.63) is 71.4 Å². The van der Waals surface area contributed by atoms with Crippen molar-refractivity contribution in [2.24, 2.45) is 0 Å². The van der Waals surface area contributed by atoms with E-state index in [1.54, 1.807) is 17.7 Å². The number of ether oxygens (including phenoxy) is 1. The van der Waals surface area contributed by atoms with Gasteiger partial charge < -0.3 is 10.1 Å². The SMILES string of the molecule is CC[C@@H](C)NC(=O)c1cc(-c2ccc(OC)cc2)nc2cc(-c3ccc(Cl)cc3)nn12. The third-order valence-corrected chi connectivity index (χ3v) is 5.43. The van der Waals surface area contributed by atoms with E-state index in [-0.39, 0.29) is 11.9 Å². The van der Waals surface area contributed by atoms with Gasteiger partial charge in [0.05, 0.1) is 18.5 Å². The Morgan fingerprint density at radius 3 is 2.35 bits per heavy atom. The molecule has 0 radical (unpaired) electrons. The van der Waals surface area contributed by atoms with Crippen molar-refractivity contribution >= 4 is 23.2 Å². The maximum atomic E-state index is 13.1. The van der Waals surface area contributed by atoms with Crippen LogP contribution in [0.3, 0.4) is 0 Å². The highest BCUT2D eigenvalue weighted by molar-refractivity contribution is 6.30. The summed E-state index contributed by atoms with van der Waals surface area (Å²) in [5.74, 6) is 0.566. The first kappa shape index (κ1) is 20.9. The van der Waals surface area contributed by atoms with E-state index in [9.17, 15) is 4.79 Å². The van der Waals surface area contributed by atoms with E-state index in [0.717, 1.165) is 23.3 Å². The summed E-state index contributed by atoms with van der Waals surface area (Å²) in [6, 6.07) is 18.7. The lowest BCUT2D eigenvalue weighted by molar-refractivity contribution is 0.0931. The number of hydrogen-bond donors (Lipinski definition) is 1. The van der Waals surface area contributed by atoms with E-state index < -0.39 is 0 Å². The molecule has 4 rings (SSSR count). The molecule has 0 fully saturated rings. The van der Waals surface area contributed by atoms with Gasteiger partial charge in [0.15, 0.2) is 5.65 Å². The highest BCUT2D eigenvalue weighted by Crippen LogP contribution is 2.26. The molecule has 0 saturated carbocycles. The Labute approximate surface area is 185 Å². The molecule has 0 bridgehead atoms. The van der Waals surface area contributed by atoms with Gasteiger partial charge in [0.2, 0.25) is 0 Å². The average molecular weight is 435 g/mol. The van der Waals surface area contributed by atoms with Gasteiger partial charge >= 0.3 is 0 Å². The van der Waals surface area contributed by atoms with Crippen LogP contribution in [0.4, 0.5) is 0 Å². The summed E-state index contributed by atoms with van der Waals surface area (Å²) in [5, 5.41) is 8.34. The molecule has 0 saturated heterocycles. The number of carbonyl (C=O) groups excluding carboxylic acids is 1. The van der Waals surface area contributed by atoms with Gasteiger partial charge in [-0.15, -0.1) is 0 Å². The second kappa shape index (κ2) is 8.78. The van der Waals surface area contributed by atoms with Crippen LogP contribution in [0.15, 0.2) is 60.7 Å². The van der Waals surface area contributed by atoms with Crippen LogP contribution < -0.4 is 10.1 Å². The zero-order valence-corrected chi connectivity index (χ0v) is 18.3. The number of rotatable bonds is 6. The van der Waals surface area contributed by atoms with Crippen molar-refractivity contribution in [1.29, 1.82) is 0 Å². The minimum absolute atomic E-state index is 0.0476. The molecular weight excluding hydrogens is 412 g/mol. The average Bonchev–Trinajstić information content (AvgIpc) is 3.23. The fourth-order valence-corrected chi connectivity index (χ4v) is 3.33. The number of amides is 1. The van der Waals surface area contributed by atoms with E-state index in [2.05, 4.69) is 10.4 Å². The quantitative estimate of drug-likeness (QED) is 0.449. The fourth-order valence-electron chi connectivity index (χ4n) is 3.21. The highest BCUT2D eigenvalue weighted by atomic mass is 35.5. The third kappa shape index (κ3) is 4.39. The lowest BCUT2D eigenvalue weighted by atomic mass is 10.1. The molecule has 6 nitrogen and oxygen atoms in total. The molecule has 2 heterocycles. The van der Waals surface area contributed by atoms with Crippen LogP contribution in [-0.4, -0.2) is 33.7 Å². The van der Waals surface area contributed by atoms with Crippen LogP contribution in [0.2, 0.25) is 5.02 Å². The van der Waals surface area contributed by atoms with E-state index >= 15 is 0 Å². The molecule has 31 heavy (non-hydrogen) atoms. The fraction of sp³-hybridized carbons (Fsp3) is 0.208. The van der Waals surface area contributed by atoms with Crippen LogP contribution in [0, 0.1) is 0 Å². The number of carbonyl (C=O) groups is 1. The molecule has 7 heteroatoms. The molecule has 0 unspecified atom stereocenters. The number of nitrogens with zero attached hydrogens (tertiary/aromatic N) is 3. The van der Waals surface area contributed by atoms with Crippen molar-refractivity contribution in [3.63, 3.8) is 0 Å². The maximum Gasteiger partial charge on any atom is 0.270 e. The van der Waals surface area contributed by atoms with Gasteiger partial charge in [-0.05, 0) is 55.8 Å². The van der Waals surface area contributed by atoms with Gasteiger partial charge in [0, 0.05) is 28.3 Å². The van der Waals surface area contributed by atoms with Crippen LogP contribution in [0.1, 0.15) is 30.8 Å². The molecule has 2 aromatic heterocycles. The number of halogens is 1. The normalized spacial score (nSPS) is 12.0. The Kier molecular flexibility index (Phi) is 5.91. The van der Waals surface area contributed by atoms with Crippen molar-refractivity contribution in [1.82, 2.24) is 19.9 Å². The molecule has 0 aliphatic rings. The van der Waals surface area contributed by atoms with Crippen molar-refractivity contribution in [2.75, 3.05) is 7.11 Å². The summed E-state index contributed by atoms with van der Waals surface area (Å²) in [6.07, 6.45) is 0.834. The molecule has 0 aliphatic carbocycles. The summed E-state index contributed by atoms with van der Waals surface area (Å²) >= 11 is 6.02. The molecule has 0 spiro atoms. The monoisotopic (exact) mass is 434 g/mol. The smallest absolute Gasteiger partial charge is 0.270 e. The lowest BCUT2D eigenvalue weighted by Gasteiger charge is -2.13. The zero-order valence-electron chi connectivity index (χ0n) is 17.6. The summed E-state index contributed by atoms with van der Waals surface area (Å²) in [5.41, 5.74) is 4.20. The molecule has 4 aromatic rings. The van der Waals surface area contributed by atoms with Crippen LogP contribution in [0.5, 0.6) is 5.75 Å². The minimum Gasteiger partial charge on any atom is -0.497 e. The Bertz CT molecular complexity index is 1220. The third-order valence-electron chi connectivity index (χ3n) is 5.18. The Hall–Kier alpha value is -3.38. The van der Waals surface area contributed by atoms with E-state index in [4.69, 9.17) is 21.3 Å². The number of benzene rings is 2. The van der Waals surface area contributed by atoms with Crippen molar-refractivity contribution in [3.8, 4) is 28.3 Å². The largest absolute Gasteiger partial charge is 0.497 e. The zero-order chi connectivity index (χ0) is 22.0. The van der Waals surface area contributed by atoms with Gasteiger partial charge in [-0.2, -0.15) is 5.10 Å². The number of nitrogens with one attached hydrogen (secondary N) is 1. The van der Waals surface area contributed by atoms with Gasteiger partial charge in [-0.3, -0.25) is 4.79 Å². The summed E-state index contributed by atoms with van der Waals surface area (Å²) in [7, 11) is 1.63. The Balaban J connectivity index is 1.85. The van der Waals surface area contributed by atoms with Gasteiger partial charge in [0.25, 0.3) is 5.91 Å². The van der Waals surface area contributed by atoms with Gasteiger partial charge in [-0.25, -0.2) is 9.50 Å². The van der Waals surface area contributed by atoms with E-state index in [1.807, 2.05) is 68.4 Å². The predicted molar refractivity (Wildman–Crippen MR) is 123 cm³/mol. The van der Waals surface area contributed by atoms with E-state index in [1.165, 1.54) is 0 Å². The van der Waals surface area contributed by atoms with Crippen LogP contribution >= 0.6 is 11.6 Å². The summed E-state index contributed by atoms with van der Waals surface area (Å²) < 4.78 is 6.84. The molecule has 1 N–H and O–H groups in total. The molecule has 1 atom stereocenters. The first-order valence-corrected chi connectivity index (χ1v) is 10.5. The van der Waals surface area contributed by atoms with Gasteiger partial charge in [-0.1, -0.05) is 30.7 Å². The standard InChI is InChI=1S/C24H23ClN4O2/c1-4-15(2)26-24(30)22-13-20(16-7-11-19(31-3)12-8-16)27-23-14-21(28-29(22)23)17-5-9-18(25)10-6-17/h5-15H,4H2,1-3H3,(H,26,30)/t15-/m1/s1. The summed E-state index contributed by atoms with van der Waals surface area (Å²) in [4.78, 5) is 17.8. The molecule has 2 aromatic carbocycles. The van der Waals surface area contributed by atoms with Crippen molar-refractivity contribution in [2.45, 2.75) is 26.3 Å². The second-order valence-corrected chi connectivity index (χ2v) is 7.78. The molecule has 158 valence electrons. The highest BCUT2D eigenvalue weighted by Gasteiger charge is 2.18. The predicted octanol–water partition coefficient (Wildman–Crippen LogP) is 5.25. The first-order valence-electron chi connectivity index (χ1n) is 10.1. The first-order chi connectivity index (χ1) is 15.0. The number of hydrogen-bond acceptors (Lipinski definition) is 4. The van der Waals surface area contributed by atoms with Gasteiger partial charge in [0.1, 0.15) is 11.4 Å². The number of aromatic nitrogens is 3. The second-order valence-electron chi connectivity index (χ2n) is 7.34. The molecule has 0 aliphatic heterocycles. The van der Waals surface area contributed by atoms with Crippen LogP contribution in [-0.2, 0) is 0 Å². The van der Waals surface area contributed by atoms with Crippen molar-refractivity contribution < 1.29 is 9.53 Å². The number of methoxy groups -OCH3 is 1. The van der Waals surface area contributed by atoms with E-state index in [0.29, 0.717) is 27.8 Å². The lowest BCUT2D eigenvalue weighted by Crippen LogP contribution is -2.33.